The van der Waals surface area contributed by atoms with Gasteiger partial charge in [-0.3, -0.25) is 14.0 Å². The molecule has 0 radical (unpaired) electrons. The molecular weight excluding hydrogens is 320 g/mol. The van der Waals surface area contributed by atoms with Gasteiger partial charge in [0.25, 0.3) is 11.5 Å². The SMILES string of the molecule is N#CC(=Cc1c(Oc2ccccc2)nc2ccccn2c1=O)C(N)=O. The van der Waals surface area contributed by atoms with Crippen molar-refractivity contribution in [2.75, 3.05) is 0 Å². The van der Waals surface area contributed by atoms with Crippen molar-refractivity contribution in [1.29, 1.82) is 5.26 Å². The maximum atomic E-state index is 12.8. The van der Waals surface area contributed by atoms with Gasteiger partial charge in [-0.25, -0.2) is 0 Å². The topological polar surface area (TPSA) is 110 Å². The van der Waals surface area contributed by atoms with Crippen LogP contribution in [0.5, 0.6) is 11.6 Å². The first-order chi connectivity index (χ1) is 12.1. The van der Waals surface area contributed by atoms with E-state index in [1.165, 1.54) is 10.6 Å². The first-order valence-electron chi connectivity index (χ1n) is 7.26. The fraction of sp³-hybridized carbons (Fsp3) is 0. The number of nitrogens with zero attached hydrogens (tertiary/aromatic N) is 3. The standard InChI is InChI=1S/C18H12N4O3/c19-11-12(16(20)23)10-14-17(25-13-6-2-1-3-7-13)21-15-8-4-5-9-22(15)18(14)24/h1-10H,(H2,20,23). The van der Waals surface area contributed by atoms with Crippen LogP contribution in [0.4, 0.5) is 0 Å². The third-order valence-corrected chi connectivity index (χ3v) is 3.37. The van der Waals surface area contributed by atoms with Crippen LogP contribution in [0.1, 0.15) is 5.56 Å². The van der Waals surface area contributed by atoms with Gasteiger partial charge >= 0.3 is 0 Å². The summed E-state index contributed by atoms with van der Waals surface area (Å²) in [5.41, 5.74) is 4.64. The Hall–Kier alpha value is -3.92. The molecule has 0 saturated carbocycles. The van der Waals surface area contributed by atoms with E-state index >= 15 is 0 Å². The summed E-state index contributed by atoms with van der Waals surface area (Å²) in [6.45, 7) is 0. The Kier molecular flexibility index (Phi) is 4.26. The molecule has 1 aromatic carbocycles. The average molecular weight is 332 g/mol. The predicted molar refractivity (Wildman–Crippen MR) is 90.8 cm³/mol. The third-order valence-electron chi connectivity index (χ3n) is 3.37. The number of pyridine rings is 1. The Morgan fingerprint density at radius 3 is 2.60 bits per heavy atom. The van der Waals surface area contributed by atoms with Crippen molar-refractivity contribution in [2.45, 2.75) is 0 Å². The van der Waals surface area contributed by atoms with E-state index in [9.17, 15) is 9.59 Å². The highest BCUT2D eigenvalue weighted by Crippen LogP contribution is 2.23. The van der Waals surface area contributed by atoms with Gasteiger partial charge in [0.2, 0.25) is 5.88 Å². The van der Waals surface area contributed by atoms with Crippen LogP contribution in [0.15, 0.2) is 65.1 Å². The molecule has 0 spiro atoms. The van der Waals surface area contributed by atoms with Gasteiger partial charge in [0, 0.05) is 6.20 Å². The molecule has 0 atom stereocenters. The first-order valence-corrected chi connectivity index (χ1v) is 7.26. The molecule has 0 fully saturated rings. The summed E-state index contributed by atoms with van der Waals surface area (Å²) in [6.07, 6.45) is 2.62. The molecule has 7 nitrogen and oxygen atoms in total. The Morgan fingerprint density at radius 2 is 1.92 bits per heavy atom. The van der Waals surface area contributed by atoms with E-state index in [1.807, 2.05) is 6.07 Å². The van der Waals surface area contributed by atoms with Gasteiger partial charge in [-0.1, -0.05) is 24.3 Å². The molecule has 0 aliphatic rings. The largest absolute Gasteiger partial charge is 0.438 e. The molecule has 122 valence electrons. The molecule has 2 aromatic heterocycles. The van der Waals surface area contributed by atoms with Crippen molar-refractivity contribution in [3.05, 3.63) is 76.2 Å². The lowest BCUT2D eigenvalue weighted by molar-refractivity contribution is -0.114. The van der Waals surface area contributed by atoms with Gasteiger partial charge in [-0.05, 0) is 30.3 Å². The van der Waals surface area contributed by atoms with E-state index < -0.39 is 11.5 Å². The smallest absolute Gasteiger partial charge is 0.269 e. The first kappa shape index (κ1) is 16.0. The molecule has 0 aliphatic heterocycles. The Bertz CT molecular complexity index is 1080. The van der Waals surface area contributed by atoms with Crippen molar-refractivity contribution in [2.24, 2.45) is 5.73 Å². The number of nitrogens with two attached hydrogens (primary N) is 1. The Labute approximate surface area is 142 Å². The minimum absolute atomic E-state index is 0.0172. The maximum Gasteiger partial charge on any atom is 0.269 e. The summed E-state index contributed by atoms with van der Waals surface area (Å²) in [4.78, 5) is 28.4. The maximum absolute atomic E-state index is 12.8. The van der Waals surface area contributed by atoms with E-state index in [0.29, 0.717) is 11.4 Å². The minimum atomic E-state index is -0.939. The van der Waals surface area contributed by atoms with Crippen molar-refractivity contribution in [1.82, 2.24) is 9.38 Å². The number of hydrogen-bond acceptors (Lipinski definition) is 5. The van der Waals surface area contributed by atoms with E-state index in [1.54, 1.807) is 48.5 Å². The molecule has 0 bridgehead atoms. The summed E-state index contributed by atoms with van der Waals surface area (Å²) in [5.74, 6) is -0.496. The highest BCUT2D eigenvalue weighted by atomic mass is 16.5. The van der Waals surface area contributed by atoms with Gasteiger partial charge in [0.1, 0.15) is 28.6 Å². The van der Waals surface area contributed by atoms with Gasteiger partial charge < -0.3 is 10.5 Å². The number of nitriles is 1. The normalized spacial score (nSPS) is 11.1. The number of carbonyl (C=O) groups excluding carboxylic acids is 1. The van der Waals surface area contributed by atoms with Crippen molar-refractivity contribution >= 4 is 17.6 Å². The molecular formula is C18H12N4O3. The fourth-order valence-corrected chi connectivity index (χ4v) is 2.19. The second-order valence-corrected chi connectivity index (χ2v) is 5.01. The van der Waals surface area contributed by atoms with Crippen LogP contribution in [0.3, 0.4) is 0 Å². The van der Waals surface area contributed by atoms with Gasteiger partial charge in [0.05, 0.1) is 0 Å². The van der Waals surface area contributed by atoms with Crippen molar-refractivity contribution in [3.8, 4) is 17.7 Å². The second kappa shape index (κ2) is 6.68. The van der Waals surface area contributed by atoms with Crippen LogP contribution >= 0.6 is 0 Å². The van der Waals surface area contributed by atoms with E-state index in [0.717, 1.165) is 6.08 Å². The highest BCUT2D eigenvalue weighted by Gasteiger charge is 2.15. The molecule has 25 heavy (non-hydrogen) atoms. The summed E-state index contributed by atoms with van der Waals surface area (Å²) in [5, 5.41) is 9.05. The summed E-state index contributed by atoms with van der Waals surface area (Å²) < 4.78 is 6.98. The number of para-hydroxylation sites is 1. The molecule has 0 unspecified atom stereocenters. The molecule has 1 amide bonds. The van der Waals surface area contributed by atoms with Crippen LogP contribution in [-0.2, 0) is 4.79 Å². The van der Waals surface area contributed by atoms with Gasteiger partial charge in [0.15, 0.2) is 0 Å². The molecule has 7 heteroatoms. The predicted octanol–water partition coefficient (Wildman–Crippen LogP) is 1.88. The Balaban J connectivity index is 2.26. The average Bonchev–Trinajstić information content (AvgIpc) is 2.62. The number of amides is 1. The fourth-order valence-electron chi connectivity index (χ4n) is 2.19. The summed E-state index contributed by atoms with van der Waals surface area (Å²) in [6, 6.07) is 15.5. The van der Waals surface area contributed by atoms with Gasteiger partial charge in [-0.15, -0.1) is 0 Å². The molecule has 3 rings (SSSR count). The molecule has 3 aromatic rings. The highest BCUT2D eigenvalue weighted by molar-refractivity contribution is 6.00. The van der Waals surface area contributed by atoms with E-state index in [2.05, 4.69) is 4.98 Å². The van der Waals surface area contributed by atoms with E-state index in [4.69, 9.17) is 15.7 Å². The summed E-state index contributed by atoms with van der Waals surface area (Å²) in [7, 11) is 0. The lowest BCUT2D eigenvalue weighted by atomic mass is 10.2. The van der Waals surface area contributed by atoms with Crippen LogP contribution in [0, 0.1) is 11.3 Å². The van der Waals surface area contributed by atoms with E-state index in [-0.39, 0.29) is 17.0 Å². The monoisotopic (exact) mass is 332 g/mol. The number of rotatable bonds is 4. The number of aromatic nitrogens is 2. The summed E-state index contributed by atoms with van der Waals surface area (Å²) >= 11 is 0. The molecule has 0 aliphatic carbocycles. The zero-order valence-electron chi connectivity index (χ0n) is 12.9. The third kappa shape index (κ3) is 3.23. The Morgan fingerprint density at radius 1 is 1.20 bits per heavy atom. The molecule has 2 N–H and O–H groups in total. The lowest BCUT2D eigenvalue weighted by Gasteiger charge is -2.09. The number of ether oxygens (including phenoxy) is 1. The number of benzene rings is 1. The van der Waals surface area contributed by atoms with Crippen molar-refractivity contribution < 1.29 is 9.53 Å². The van der Waals surface area contributed by atoms with Crippen LogP contribution < -0.4 is 16.0 Å². The zero-order valence-corrected chi connectivity index (χ0v) is 12.9. The number of fused-ring (bicyclic) bond motifs is 1. The number of primary amides is 1. The zero-order chi connectivity index (χ0) is 17.8. The van der Waals surface area contributed by atoms with Gasteiger partial charge in [-0.2, -0.15) is 10.2 Å². The quantitative estimate of drug-likeness (QED) is 0.579. The van der Waals surface area contributed by atoms with Crippen molar-refractivity contribution in [3.63, 3.8) is 0 Å². The number of carbonyl (C=O) groups is 1. The molecule has 0 saturated heterocycles. The van der Waals surface area contributed by atoms with Crippen LogP contribution in [-0.4, -0.2) is 15.3 Å². The number of hydrogen-bond donors (Lipinski definition) is 1. The van der Waals surface area contributed by atoms with Crippen LogP contribution in [0.25, 0.3) is 11.7 Å². The van der Waals surface area contributed by atoms with Crippen LogP contribution in [0.2, 0.25) is 0 Å². The molecule has 2 heterocycles. The second-order valence-electron chi connectivity index (χ2n) is 5.01. The lowest BCUT2D eigenvalue weighted by Crippen LogP contribution is -2.20. The minimum Gasteiger partial charge on any atom is -0.438 e.